The molecule has 5 heteroatoms. The van der Waals surface area contributed by atoms with Crippen LogP contribution in [-0.4, -0.2) is 22.6 Å². The molecule has 0 atom stereocenters. The number of anilines is 1. The number of pyridine rings is 1. The molecule has 0 aliphatic rings. The smallest absolute Gasteiger partial charge is 0.322 e. The number of hydrogen-bond donors (Lipinski definition) is 2. The molecule has 0 saturated heterocycles. The van der Waals surface area contributed by atoms with Crippen molar-refractivity contribution in [3.05, 3.63) is 23.5 Å². The van der Waals surface area contributed by atoms with Gasteiger partial charge in [-0.3, -0.25) is 9.78 Å². The second-order valence-electron chi connectivity index (χ2n) is 2.10. The van der Waals surface area contributed by atoms with Crippen LogP contribution in [0.15, 0.2) is 18.5 Å². The van der Waals surface area contributed by atoms with Gasteiger partial charge in [-0.15, -0.1) is 0 Å². The minimum Gasteiger partial charge on any atom is -0.480 e. The third kappa shape index (κ3) is 2.39. The van der Waals surface area contributed by atoms with Gasteiger partial charge in [0.1, 0.15) is 6.54 Å². The van der Waals surface area contributed by atoms with E-state index in [0.29, 0.717) is 10.7 Å². The average molecular weight is 187 g/mol. The lowest BCUT2D eigenvalue weighted by molar-refractivity contribution is -0.134. The van der Waals surface area contributed by atoms with Crippen molar-refractivity contribution >= 4 is 23.3 Å². The van der Waals surface area contributed by atoms with E-state index in [2.05, 4.69) is 10.3 Å². The van der Waals surface area contributed by atoms with E-state index in [-0.39, 0.29) is 6.54 Å². The van der Waals surface area contributed by atoms with Crippen LogP contribution >= 0.6 is 11.6 Å². The van der Waals surface area contributed by atoms with Gasteiger partial charge in [-0.05, 0) is 6.07 Å². The first kappa shape index (κ1) is 8.80. The van der Waals surface area contributed by atoms with E-state index in [9.17, 15) is 4.79 Å². The van der Waals surface area contributed by atoms with Crippen molar-refractivity contribution in [2.45, 2.75) is 0 Å². The Morgan fingerprint density at radius 1 is 1.75 bits per heavy atom. The average Bonchev–Trinajstić information content (AvgIpc) is 2.03. The van der Waals surface area contributed by atoms with Crippen molar-refractivity contribution in [3.63, 3.8) is 0 Å². The topological polar surface area (TPSA) is 62.2 Å². The molecular formula is C7H7ClN2O2. The highest BCUT2D eigenvalue weighted by Crippen LogP contribution is 2.18. The maximum Gasteiger partial charge on any atom is 0.322 e. The van der Waals surface area contributed by atoms with Gasteiger partial charge in [-0.2, -0.15) is 0 Å². The van der Waals surface area contributed by atoms with Crippen LogP contribution in [0.1, 0.15) is 0 Å². The predicted molar refractivity (Wildman–Crippen MR) is 45.4 cm³/mol. The molecule has 64 valence electrons. The van der Waals surface area contributed by atoms with Crippen LogP contribution < -0.4 is 5.32 Å². The zero-order valence-electron chi connectivity index (χ0n) is 6.12. The minimum absolute atomic E-state index is 0.149. The summed E-state index contributed by atoms with van der Waals surface area (Å²) in [6.07, 6.45) is 2.99. The molecule has 2 N–H and O–H groups in total. The van der Waals surface area contributed by atoms with Crippen LogP contribution in [-0.2, 0) is 4.79 Å². The zero-order chi connectivity index (χ0) is 8.97. The summed E-state index contributed by atoms with van der Waals surface area (Å²) >= 11 is 5.69. The highest BCUT2D eigenvalue weighted by molar-refractivity contribution is 6.33. The lowest BCUT2D eigenvalue weighted by Gasteiger charge is -2.03. The Kier molecular flexibility index (Phi) is 2.88. The van der Waals surface area contributed by atoms with E-state index >= 15 is 0 Å². The summed E-state index contributed by atoms with van der Waals surface area (Å²) in [6, 6.07) is 1.62. The third-order valence-corrected chi connectivity index (χ3v) is 1.50. The second kappa shape index (κ2) is 3.92. The first-order valence-corrected chi connectivity index (χ1v) is 3.63. The Labute approximate surface area is 74.2 Å². The van der Waals surface area contributed by atoms with Crippen molar-refractivity contribution in [2.75, 3.05) is 11.9 Å². The lowest BCUT2D eigenvalue weighted by atomic mass is 10.4. The molecule has 0 amide bonds. The molecule has 1 rings (SSSR count). The van der Waals surface area contributed by atoms with Crippen LogP contribution in [0.2, 0.25) is 5.02 Å². The molecule has 0 bridgehead atoms. The number of carboxylic acid groups (broad SMARTS) is 1. The molecule has 0 fully saturated rings. The van der Waals surface area contributed by atoms with Gasteiger partial charge in [-0.25, -0.2) is 0 Å². The number of halogens is 1. The quantitative estimate of drug-likeness (QED) is 0.746. The van der Waals surface area contributed by atoms with Gasteiger partial charge in [0.2, 0.25) is 0 Å². The number of nitrogens with one attached hydrogen (secondary N) is 1. The largest absolute Gasteiger partial charge is 0.480 e. The molecule has 12 heavy (non-hydrogen) atoms. The summed E-state index contributed by atoms with van der Waals surface area (Å²) in [4.78, 5) is 13.9. The van der Waals surface area contributed by atoms with Crippen LogP contribution in [0.5, 0.6) is 0 Å². The predicted octanol–water partition coefficient (Wildman–Crippen LogP) is 1.23. The van der Waals surface area contributed by atoms with Gasteiger partial charge in [0, 0.05) is 12.4 Å². The second-order valence-corrected chi connectivity index (χ2v) is 2.51. The van der Waals surface area contributed by atoms with Crippen LogP contribution in [0.3, 0.4) is 0 Å². The summed E-state index contributed by atoms with van der Waals surface area (Å²) in [5.41, 5.74) is 0.578. The molecule has 0 aliphatic heterocycles. The van der Waals surface area contributed by atoms with Gasteiger partial charge >= 0.3 is 5.97 Å². The van der Waals surface area contributed by atoms with E-state index in [1.807, 2.05) is 0 Å². The minimum atomic E-state index is -0.928. The first-order valence-electron chi connectivity index (χ1n) is 3.25. The third-order valence-electron chi connectivity index (χ3n) is 1.20. The molecule has 4 nitrogen and oxygen atoms in total. The Bertz CT molecular complexity index is 290. The fourth-order valence-electron chi connectivity index (χ4n) is 0.689. The van der Waals surface area contributed by atoms with Gasteiger partial charge in [0.15, 0.2) is 0 Å². The number of aliphatic carboxylic acids is 1. The van der Waals surface area contributed by atoms with Crippen molar-refractivity contribution in [3.8, 4) is 0 Å². The van der Waals surface area contributed by atoms with E-state index in [4.69, 9.17) is 16.7 Å². The number of carboxylic acids is 1. The van der Waals surface area contributed by atoms with E-state index < -0.39 is 5.97 Å². The monoisotopic (exact) mass is 186 g/mol. The molecule has 0 unspecified atom stereocenters. The van der Waals surface area contributed by atoms with Gasteiger partial charge in [-0.1, -0.05) is 11.6 Å². The standard InChI is InChI=1S/C7H7ClN2O2/c8-5-3-9-2-1-6(5)10-4-7(11)12/h1-3H,4H2,(H,9,10)(H,11,12). The number of nitrogens with zero attached hydrogens (tertiary/aromatic N) is 1. The Morgan fingerprint density at radius 2 is 2.50 bits per heavy atom. The van der Waals surface area contributed by atoms with Crippen LogP contribution in [0.25, 0.3) is 0 Å². The maximum absolute atomic E-state index is 10.2. The van der Waals surface area contributed by atoms with Crippen molar-refractivity contribution < 1.29 is 9.90 Å². The summed E-state index contributed by atoms with van der Waals surface area (Å²) in [5.74, 6) is -0.928. The molecule has 1 aromatic heterocycles. The van der Waals surface area contributed by atoms with Crippen LogP contribution in [0.4, 0.5) is 5.69 Å². The number of rotatable bonds is 3. The van der Waals surface area contributed by atoms with Gasteiger partial charge in [0.25, 0.3) is 0 Å². The molecule has 0 saturated carbocycles. The van der Waals surface area contributed by atoms with Crippen molar-refractivity contribution in [2.24, 2.45) is 0 Å². The molecule has 1 heterocycles. The normalized spacial score (nSPS) is 9.42. The van der Waals surface area contributed by atoms with Crippen molar-refractivity contribution in [1.82, 2.24) is 4.98 Å². The fraction of sp³-hybridized carbons (Fsp3) is 0.143. The SMILES string of the molecule is O=C(O)CNc1ccncc1Cl. The van der Waals surface area contributed by atoms with Gasteiger partial charge < -0.3 is 10.4 Å². The summed E-state index contributed by atoms with van der Waals surface area (Å²) in [7, 11) is 0. The number of hydrogen-bond acceptors (Lipinski definition) is 3. The molecule has 0 aromatic carbocycles. The van der Waals surface area contributed by atoms with E-state index in [1.165, 1.54) is 12.4 Å². The number of carbonyl (C=O) groups is 1. The van der Waals surface area contributed by atoms with Crippen LogP contribution in [0, 0.1) is 0 Å². The van der Waals surface area contributed by atoms with Crippen molar-refractivity contribution in [1.29, 1.82) is 0 Å². The van der Waals surface area contributed by atoms with E-state index in [0.717, 1.165) is 0 Å². The van der Waals surface area contributed by atoms with Gasteiger partial charge in [0.05, 0.1) is 10.7 Å². The zero-order valence-corrected chi connectivity index (χ0v) is 6.88. The summed E-state index contributed by atoms with van der Waals surface area (Å²) < 4.78 is 0. The molecule has 1 aromatic rings. The Balaban J connectivity index is 2.63. The first-order chi connectivity index (χ1) is 5.70. The maximum atomic E-state index is 10.2. The molecule has 0 radical (unpaired) electrons. The highest BCUT2D eigenvalue weighted by atomic mass is 35.5. The lowest BCUT2D eigenvalue weighted by Crippen LogP contribution is -2.12. The van der Waals surface area contributed by atoms with E-state index in [1.54, 1.807) is 6.07 Å². The molecular weight excluding hydrogens is 180 g/mol. The Morgan fingerprint density at radius 3 is 3.08 bits per heavy atom. The summed E-state index contributed by atoms with van der Waals surface area (Å²) in [5, 5.41) is 11.4. The Hall–Kier alpha value is -1.29. The fourth-order valence-corrected chi connectivity index (χ4v) is 0.876. The molecule has 0 aliphatic carbocycles. The molecule has 0 spiro atoms. The number of aromatic nitrogens is 1. The summed E-state index contributed by atoms with van der Waals surface area (Å²) in [6.45, 7) is -0.149. The highest BCUT2D eigenvalue weighted by Gasteiger charge is 2.00.